The molecule has 0 unspecified atom stereocenters. The summed E-state index contributed by atoms with van der Waals surface area (Å²) in [4.78, 5) is 40.2. The van der Waals surface area contributed by atoms with Gasteiger partial charge in [-0.05, 0) is 43.3 Å². The van der Waals surface area contributed by atoms with Gasteiger partial charge in [0.2, 0.25) is 11.8 Å². The number of aromatic amines is 1. The zero-order valence-corrected chi connectivity index (χ0v) is 12.6. The molecule has 0 spiro atoms. The minimum Gasteiger partial charge on any atom is -0.438 e. The monoisotopic (exact) mass is 313 g/mol. The van der Waals surface area contributed by atoms with Gasteiger partial charge in [-0.1, -0.05) is 0 Å². The number of carbonyl (C=O) groups excluding carboxylic acids is 2. The van der Waals surface area contributed by atoms with E-state index >= 15 is 0 Å². The van der Waals surface area contributed by atoms with Gasteiger partial charge in [0.1, 0.15) is 11.3 Å². The fraction of sp³-hybridized carbons (Fsp3) is 0.125. The number of nitrogens with zero attached hydrogens (tertiary/aromatic N) is 1. The van der Waals surface area contributed by atoms with Gasteiger partial charge >= 0.3 is 0 Å². The van der Waals surface area contributed by atoms with Crippen molar-refractivity contribution in [2.24, 2.45) is 0 Å². The number of hydrogen-bond donors (Lipinski definition) is 2. The summed E-state index contributed by atoms with van der Waals surface area (Å²) in [7, 11) is 0. The molecule has 0 atom stereocenters. The summed E-state index contributed by atoms with van der Waals surface area (Å²) in [6, 6.07) is 6.59. The molecule has 2 aromatic rings. The van der Waals surface area contributed by atoms with E-state index in [1.807, 2.05) is 0 Å². The molecule has 0 fully saturated rings. The van der Waals surface area contributed by atoms with Crippen molar-refractivity contribution in [1.82, 2.24) is 9.97 Å². The number of aromatic nitrogens is 2. The Bertz CT molecular complexity index is 807. The van der Waals surface area contributed by atoms with Crippen LogP contribution >= 0.6 is 0 Å². The van der Waals surface area contributed by atoms with E-state index in [2.05, 4.69) is 15.3 Å². The van der Waals surface area contributed by atoms with E-state index in [4.69, 9.17) is 4.74 Å². The van der Waals surface area contributed by atoms with Gasteiger partial charge in [0, 0.05) is 12.6 Å². The molecule has 0 saturated carbocycles. The lowest BCUT2D eigenvalue weighted by atomic mass is 10.2. The van der Waals surface area contributed by atoms with Gasteiger partial charge in [-0.3, -0.25) is 14.4 Å². The lowest BCUT2D eigenvalue weighted by molar-refractivity contribution is -0.114. The number of rotatable bonds is 5. The van der Waals surface area contributed by atoms with Crippen molar-refractivity contribution in [2.75, 3.05) is 5.32 Å². The van der Waals surface area contributed by atoms with Crippen LogP contribution in [-0.4, -0.2) is 21.7 Å². The number of amides is 1. The maximum Gasteiger partial charge on any atom is 0.261 e. The Morgan fingerprint density at radius 3 is 2.52 bits per heavy atom. The van der Waals surface area contributed by atoms with Crippen LogP contribution in [0.3, 0.4) is 0 Å². The highest BCUT2D eigenvalue weighted by molar-refractivity contribution is 5.91. The molecule has 2 N–H and O–H groups in total. The molecule has 0 aliphatic heterocycles. The van der Waals surface area contributed by atoms with Crippen LogP contribution in [0, 0.1) is 0 Å². The predicted octanol–water partition coefficient (Wildman–Crippen LogP) is 2.12. The molecule has 7 nitrogen and oxygen atoms in total. The molecule has 0 aliphatic rings. The van der Waals surface area contributed by atoms with Crippen LogP contribution in [0.1, 0.15) is 19.4 Å². The number of H-pyrrole nitrogens is 1. The Morgan fingerprint density at radius 1 is 1.22 bits per heavy atom. The van der Waals surface area contributed by atoms with E-state index < -0.39 is 5.56 Å². The first-order chi connectivity index (χ1) is 11.0. The van der Waals surface area contributed by atoms with E-state index in [0.717, 1.165) is 0 Å². The van der Waals surface area contributed by atoms with Gasteiger partial charge < -0.3 is 15.0 Å². The normalized spacial score (nSPS) is 10.5. The fourth-order valence-corrected chi connectivity index (χ4v) is 1.74. The van der Waals surface area contributed by atoms with Crippen LogP contribution in [0.5, 0.6) is 11.6 Å². The maximum atomic E-state index is 11.8. The second kappa shape index (κ2) is 7.17. The minimum absolute atomic E-state index is 0.0820. The highest BCUT2D eigenvalue weighted by Crippen LogP contribution is 2.23. The second-order valence-corrected chi connectivity index (χ2v) is 4.70. The van der Waals surface area contributed by atoms with Gasteiger partial charge in [0.05, 0.1) is 6.33 Å². The third-order valence-corrected chi connectivity index (χ3v) is 2.73. The number of anilines is 1. The third-order valence-electron chi connectivity index (χ3n) is 2.73. The lowest BCUT2D eigenvalue weighted by Crippen LogP contribution is -2.11. The highest BCUT2D eigenvalue weighted by Gasteiger charge is 2.09. The lowest BCUT2D eigenvalue weighted by Gasteiger charge is -2.08. The fourth-order valence-electron chi connectivity index (χ4n) is 1.74. The number of benzene rings is 1. The first-order valence-corrected chi connectivity index (χ1v) is 6.77. The number of allylic oxidation sites excluding steroid dienone is 1. The molecule has 118 valence electrons. The molecule has 0 bridgehead atoms. The molecule has 0 aliphatic carbocycles. The average Bonchev–Trinajstić information content (AvgIpc) is 2.48. The summed E-state index contributed by atoms with van der Waals surface area (Å²) in [5.41, 5.74) is 0.358. The van der Waals surface area contributed by atoms with Gasteiger partial charge in [-0.15, -0.1) is 0 Å². The van der Waals surface area contributed by atoms with Gasteiger partial charge in [0.25, 0.3) is 5.56 Å². The number of nitrogens with one attached hydrogen (secondary N) is 2. The van der Waals surface area contributed by atoms with Crippen LogP contribution in [0.25, 0.3) is 6.08 Å². The summed E-state index contributed by atoms with van der Waals surface area (Å²) in [6.07, 6.45) is 3.84. The van der Waals surface area contributed by atoms with Crippen molar-refractivity contribution in [1.29, 1.82) is 0 Å². The van der Waals surface area contributed by atoms with Crippen LogP contribution in [0.15, 0.2) is 41.5 Å². The third kappa shape index (κ3) is 4.63. The molecule has 1 amide bonds. The van der Waals surface area contributed by atoms with Gasteiger partial charge in [-0.25, -0.2) is 4.98 Å². The van der Waals surface area contributed by atoms with Crippen molar-refractivity contribution in [3.8, 4) is 11.6 Å². The SMILES string of the molecule is CC(=O)/C=C/c1c(Oc2ccc(NC(C)=O)cc2)nc[nH]c1=O. The Labute approximate surface area is 132 Å². The molecule has 0 saturated heterocycles. The van der Waals surface area contributed by atoms with E-state index in [1.165, 1.54) is 32.3 Å². The zero-order valence-electron chi connectivity index (χ0n) is 12.6. The molecule has 2 rings (SSSR count). The molecule has 1 aromatic heterocycles. The Hall–Kier alpha value is -3.22. The van der Waals surface area contributed by atoms with Gasteiger partial charge in [-0.2, -0.15) is 0 Å². The first-order valence-electron chi connectivity index (χ1n) is 6.77. The Kier molecular flexibility index (Phi) is 5.03. The summed E-state index contributed by atoms with van der Waals surface area (Å²) in [6.45, 7) is 2.79. The number of ketones is 1. The quantitative estimate of drug-likeness (QED) is 0.823. The largest absolute Gasteiger partial charge is 0.438 e. The number of hydrogen-bond acceptors (Lipinski definition) is 5. The molecule has 1 heterocycles. The molecule has 7 heteroatoms. The van der Waals surface area contributed by atoms with Crippen LogP contribution in [0.4, 0.5) is 5.69 Å². The molecular weight excluding hydrogens is 298 g/mol. The van der Waals surface area contributed by atoms with Crippen LogP contribution in [0.2, 0.25) is 0 Å². The van der Waals surface area contributed by atoms with Crippen LogP contribution in [-0.2, 0) is 9.59 Å². The predicted molar refractivity (Wildman–Crippen MR) is 85.4 cm³/mol. The van der Waals surface area contributed by atoms with Crippen molar-refractivity contribution in [3.63, 3.8) is 0 Å². The van der Waals surface area contributed by atoms with Crippen molar-refractivity contribution in [2.45, 2.75) is 13.8 Å². The Morgan fingerprint density at radius 2 is 1.91 bits per heavy atom. The van der Waals surface area contributed by atoms with Crippen molar-refractivity contribution < 1.29 is 14.3 Å². The van der Waals surface area contributed by atoms with E-state index in [0.29, 0.717) is 11.4 Å². The van der Waals surface area contributed by atoms with Gasteiger partial charge in [0.15, 0.2) is 5.78 Å². The standard InChI is InChI=1S/C16H15N3O4/c1-10(20)3-8-14-15(22)17-9-18-16(14)23-13-6-4-12(5-7-13)19-11(2)21/h3-9H,1-2H3,(H,19,21)(H,17,18,22)/b8-3+. The first kappa shape index (κ1) is 16.2. The maximum absolute atomic E-state index is 11.8. The van der Waals surface area contributed by atoms with Crippen molar-refractivity contribution >= 4 is 23.5 Å². The highest BCUT2D eigenvalue weighted by atomic mass is 16.5. The summed E-state index contributed by atoms with van der Waals surface area (Å²) >= 11 is 0. The topological polar surface area (TPSA) is 101 Å². The second-order valence-electron chi connectivity index (χ2n) is 4.70. The summed E-state index contributed by atoms with van der Waals surface area (Å²) in [5, 5.41) is 2.64. The summed E-state index contributed by atoms with van der Waals surface area (Å²) in [5.74, 6) is 0.152. The minimum atomic E-state index is -0.414. The van der Waals surface area contributed by atoms with E-state index in [-0.39, 0.29) is 23.1 Å². The zero-order chi connectivity index (χ0) is 16.8. The number of carbonyl (C=O) groups is 2. The smallest absolute Gasteiger partial charge is 0.261 e. The Balaban J connectivity index is 2.26. The number of ether oxygens (including phenoxy) is 1. The summed E-state index contributed by atoms with van der Waals surface area (Å²) < 4.78 is 5.58. The van der Waals surface area contributed by atoms with E-state index in [1.54, 1.807) is 24.3 Å². The molecule has 23 heavy (non-hydrogen) atoms. The molecular formula is C16H15N3O4. The average molecular weight is 313 g/mol. The van der Waals surface area contributed by atoms with E-state index in [9.17, 15) is 14.4 Å². The molecule has 1 aromatic carbocycles. The van der Waals surface area contributed by atoms with Crippen LogP contribution < -0.4 is 15.6 Å². The molecule has 0 radical (unpaired) electrons. The van der Waals surface area contributed by atoms with Crippen molar-refractivity contribution in [3.05, 3.63) is 52.6 Å².